The summed E-state index contributed by atoms with van der Waals surface area (Å²) in [5.41, 5.74) is 0.630. The summed E-state index contributed by atoms with van der Waals surface area (Å²) in [7, 11) is 5.95. The molecule has 1 atom stereocenters. The van der Waals surface area contributed by atoms with E-state index in [9.17, 15) is 8.78 Å². The Kier molecular flexibility index (Phi) is 4.21. The number of nitrogens with zero attached hydrogens (tertiary/aromatic N) is 1. The smallest absolute Gasteiger partial charge is 0.126 e. The molecule has 2 nitrogen and oxygen atoms in total. The molecule has 1 unspecified atom stereocenters. The summed E-state index contributed by atoms with van der Waals surface area (Å²) < 4.78 is 26.9. The Balaban J connectivity index is 2.42. The van der Waals surface area contributed by atoms with Crippen LogP contribution in [0.2, 0.25) is 0 Å². The molecule has 1 aromatic rings. The van der Waals surface area contributed by atoms with Gasteiger partial charge in [0.2, 0.25) is 0 Å². The molecule has 0 radical (unpaired) electrons. The number of hydrogen-bond acceptors (Lipinski definition) is 2. The number of benzene rings is 1. The molecule has 1 aliphatic rings. The normalized spacial score (nSPS) is 19.9. The Morgan fingerprint density at radius 1 is 1.11 bits per heavy atom. The lowest BCUT2D eigenvalue weighted by molar-refractivity contribution is 0.108. The largest absolute Gasteiger partial charge is 0.311 e. The van der Waals surface area contributed by atoms with Gasteiger partial charge < -0.3 is 10.2 Å². The van der Waals surface area contributed by atoms with Crippen molar-refractivity contribution in [1.29, 1.82) is 0 Å². The molecule has 0 saturated heterocycles. The van der Waals surface area contributed by atoms with Gasteiger partial charge in [-0.15, -0.1) is 0 Å². The first-order valence-corrected chi connectivity index (χ1v) is 6.80. The first-order chi connectivity index (χ1) is 8.99. The molecule has 2 rings (SSSR count). The SMILES string of the molecule is CNC(c1cc(F)cc(F)c1)C1(N(C)C)CCCC1. The number of rotatable bonds is 4. The van der Waals surface area contributed by atoms with Gasteiger partial charge in [-0.1, -0.05) is 12.8 Å². The second kappa shape index (κ2) is 5.55. The molecular formula is C15H22F2N2. The molecule has 106 valence electrons. The van der Waals surface area contributed by atoms with Gasteiger partial charge in [-0.3, -0.25) is 0 Å². The summed E-state index contributed by atoms with van der Waals surface area (Å²) >= 11 is 0. The van der Waals surface area contributed by atoms with E-state index in [0.717, 1.165) is 31.7 Å². The summed E-state index contributed by atoms with van der Waals surface area (Å²) in [6.45, 7) is 0. The van der Waals surface area contributed by atoms with Gasteiger partial charge in [0.15, 0.2) is 0 Å². The maximum atomic E-state index is 13.5. The molecule has 4 heteroatoms. The summed E-state index contributed by atoms with van der Waals surface area (Å²) in [5, 5.41) is 3.26. The Hall–Kier alpha value is -1.00. The topological polar surface area (TPSA) is 15.3 Å². The van der Waals surface area contributed by atoms with Crippen LogP contribution >= 0.6 is 0 Å². The van der Waals surface area contributed by atoms with Gasteiger partial charge in [0.25, 0.3) is 0 Å². The lowest BCUT2D eigenvalue weighted by atomic mass is 9.82. The molecular weight excluding hydrogens is 246 g/mol. The van der Waals surface area contributed by atoms with Crippen LogP contribution in [0.3, 0.4) is 0 Å². The molecule has 1 N–H and O–H groups in total. The molecule has 1 fully saturated rings. The molecule has 0 bridgehead atoms. The fourth-order valence-electron chi connectivity index (χ4n) is 3.47. The third kappa shape index (κ3) is 2.65. The van der Waals surface area contributed by atoms with E-state index in [1.807, 2.05) is 21.1 Å². The Morgan fingerprint density at radius 2 is 1.63 bits per heavy atom. The van der Waals surface area contributed by atoms with E-state index in [1.165, 1.54) is 12.1 Å². The Bertz CT molecular complexity index is 420. The highest BCUT2D eigenvalue weighted by Crippen LogP contribution is 2.43. The zero-order valence-corrected chi connectivity index (χ0v) is 11.8. The zero-order valence-electron chi connectivity index (χ0n) is 11.8. The van der Waals surface area contributed by atoms with Gasteiger partial charge in [-0.05, 0) is 51.7 Å². The summed E-state index contributed by atoms with van der Waals surface area (Å²) in [5.74, 6) is -1.02. The maximum absolute atomic E-state index is 13.5. The van der Waals surface area contributed by atoms with E-state index >= 15 is 0 Å². The van der Waals surface area contributed by atoms with E-state index in [2.05, 4.69) is 10.2 Å². The number of hydrogen-bond donors (Lipinski definition) is 1. The molecule has 0 amide bonds. The highest BCUT2D eigenvalue weighted by Gasteiger charge is 2.43. The van der Waals surface area contributed by atoms with Crippen LogP contribution in [0.5, 0.6) is 0 Å². The fraction of sp³-hybridized carbons (Fsp3) is 0.600. The number of halogens is 2. The first-order valence-electron chi connectivity index (χ1n) is 6.80. The van der Waals surface area contributed by atoms with E-state index in [1.54, 1.807) is 0 Å². The van der Waals surface area contributed by atoms with Crippen LogP contribution in [0.4, 0.5) is 8.78 Å². The van der Waals surface area contributed by atoms with Crippen molar-refractivity contribution >= 4 is 0 Å². The minimum Gasteiger partial charge on any atom is -0.311 e. The van der Waals surface area contributed by atoms with E-state index in [-0.39, 0.29) is 11.6 Å². The van der Waals surface area contributed by atoms with Crippen LogP contribution in [0.15, 0.2) is 18.2 Å². The molecule has 0 heterocycles. The van der Waals surface area contributed by atoms with Gasteiger partial charge in [0, 0.05) is 11.6 Å². The van der Waals surface area contributed by atoms with Crippen molar-refractivity contribution in [1.82, 2.24) is 10.2 Å². The van der Waals surface area contributed by atoms with Crippen molar-refractivity contribution in [2.75, 3.05) is 21.1 Å². The van der Waals surface area contributed by atoms with Crippen molar-refractivity contribution in [3.8, 4) is 0 Å². The lowest BCUT2D eigenvalue weighted by Crippen LogP contribution is -2.51. The minimum atomic E-state index is -0.512. The van der Waals surface area contributed by atoms with E-state index < -0.39 is 11.6 Å². The average molecular weight is 268 g/mol. The lowest BCUT2D eigenvalue weighted by Gasteiger charge is -2.43. The molecule has 0 aromatic heterocycles. The molecule has 1 aliphatic carbocycles. The summed E-state index contributed by atoms with van der Waals surface area (Å²) in [4.78, 5) is 2.20. The number of likely N-dealkylation sites (N-methyl/N-ethyl adjacent to an activating group) is 2. The quantitative estimate of drug-likeness (QED) is 0.902. The standard InChI is InChI=1S/C15H22F2N2/c1-18-14(11-8-12(16)10-13(17)9-11)15(19(2)3)6-4-5-7-15/h8-10,14,18H,4-7H2,1-3H3. The fourth-order valence-corrected chi connectivity index (χ4v) is 3.47. The van der Waals surface area contributed by atoms with Gasteiger partial charge in [-0.2, -0.15) is 0 Å². The highest BCUT2D eigenvalue weighted by molar-refractivity contribution is 5.26. The molecule has 1 aromatic carbocycles. The van der Waals surface area contributed by atoms with Gasteiger partial charge in [0.1, 0.15) is 11.6 Å². The van der Waals surface area contributed by atoms with Gasteiger partial charge >= 0.3 is 0 Å². The molecule has 1 saturated carbocycles. The monoisotopic (exact) mass is 268 g/mol. The van der Waals surface area contributed by atoms with Crippen molar-refractivity contribution in [2.24, 2.45) is 0 Å². The Labute approximate surface area is 113 Å². The zero-order chi connectivity index (χ0) is 14.0. The van der Waals surface area contributed by atoms with E-state index in [0.29, 0.717) is 5.56 Å². The van der Waals surface area contributed by atoms with Crippen molar-refractivity contribution < 1.29 is 8.78 Å². The molecule has 19 heavy (non-hydrogen) atoms. The van der Waals surface area contributed by atoms with Gasteiger partial charge in [-0.25, -0.2) is 8.78 Å². The van der Waals surface area contributed by atoms with Gasteiger partial charge in [0.05, 0.1) is 6.04 Å². The van der Waals surface area contributed by atoms with E-state index in [4.69, 9.17) is 0 Å². The van der Waals surface area contributed by atoms with Crippen LogP contribution in [-0.4, -0.2) is 31.6 Å². The molecule has 0 aliphatic heterocycles. The van der Waals surface area contributed by atoms with Crippen LogP contribution in [0, 0.1) is 11.6 Å². The first kappa shape index (κ1) is 14.4. The van der Waals surface area contributed by atoms with Crippen molar-refractivity contribution in [3.05, 3.63) is 35.4 Å². The van der Waals surface area contributed by atoms with Crippen LogP contribution in [-0.2, 0) is 0 Å². The maximum Gasteiger partial charge on any atom is 0.126 e. The minimum absolute atomic E-state index is 0.0600. The van der Waals surface area contributed by atoms with Crippen molar-refractivity contribution in [3.63, 3.8) is 0 Å². The third-order valence-corrected chi connectivity index (χ3v) is 4.40. The highest BCUT2D eigenvalue weighted by atomic mass is 19.1. The van der Waals surface area contributed by atoms with Crippen LogP contribution in [0.25, 0.3) is 0 Å². The second-order valence-electron chi connectivity index (χ2n) is 5.63. The van der Waals surface area contributed by atoms with Crippen LogP contribution < -0.4 is 5.32 Å². The number of nitrogens with one attached hydrogen (secondary N) is 1. The average Bonchev–Trinajstić information content (AvgIpc) is 2.79. The van der Waals surface area contributed by atoms with Crippen LogP contribution in [0.1, 0.15) is 37.3 Å². The summed E-state index contributed by atoms with van der Waals surface area (Å²) in [6.07, 6.45) is 4.41. The Morgan fingerprint density at radius 3 is 2.05 bits per heavy atom. The second-order valence-corrected chi connectivity index (χ2v) is 5.63. The predicted octanol–water partition coefficient (Wildman–Crippen LogP) is 3.10. The predicted molar refractivity (Wildman–Crippen MR) is 73.0 cm³/mol. The van der Waals surface area contributed by atoms with Crippen molar-refractivity contribution in [2.45, 2.75) is 37.3 Å². The summed E-state index contributed by atoms with van der Waals surface area (Å²) in [6, 6.07) is 3.74. The molecule has 0 spiro atoms. The third-order valence-electron chi connectivity index (χ3n) is 4.40.